The van der Waals surface area contributed by atoms with Crippen molar-refractivity contribution in [2.45, 2.75) is 75.1 Å². The van der Waals surface area contributed by atoms with Crippen LogP contribution in [0.1, 0.15) is 62.6 Å². The molecule has 6 rings (SSSR count). The van der Waals surface area contributed by atoms with Crippen molar-refractivity contribution in [3.05, 3.63) is 32.8 Å². The first kappa shape index (κ1) is 36.9. The average Bonchev–Trinajstić information content (AvgIpc) is 3.84. The lowest BCUT2D eigenvalue weighted by atomic mass is 10.1. The SMILES string of the molecule is O=C1CC(CC(F)(F)Cl)CN1Cc1c(C(F)(F)F)nc2sc(CO)nn12.[2H]C([2H])([2H])OCc1nn2c(CN3C[C@@H](CC(F)(F)Cl)CC3=O)c(C(F)(F)F)nc2s1. The molecule has 2 amide bonds. The quantitative estimate of drug-likeness (QED) is 0.136. The van der Waals surface area contributed by atoms with Crippen LogP contribution < -0.4 is 0 Å². The largest absolute Gasteiger partial charge is 0.435 e. The number of aliphatic hydroxyl groups excluding tert-OH is 1. The van der Waals surface area contributed by atoms with Crippen LogP contribution in [0.15, 0.2) is 0 Å². The zero-order valence-corrected chi connectivity index (χ0v) is 29.5. The Morgan fingerprint density at radius 3 is 1.57 bits per heavy atom. The highest BCUT2D eigenvalue weighted by atomic mass is 35.5. The number of rotatable bonds is 11. The molecular weight excluding hydrogens is 825 g/mol. The van der Waals surface area contributed by atoms with Crippen LogP contribution in [0.4, 0.5) is 43.9 Å². The normalized spacial score (nSPS) is 20.1. The second kappa shape index (κ2) is 15.2. The molecule has 0 aliphatic carbocycles. The van der Waals surface area contributed by atoms with E-state index in [0.717, 1.165) is 30.2 Å². The number of likely N-dealkylation sites (tertiary alicyclic amines) is 2. The van der Waals surface area contributed by atoms with E-state index in [1.807, 2.05) is 0 Å². The third-order valence-corrected chi connectivity index (χ3v) is 9.94. The fourth-order valence-electron chi connectivity index (χ4n) is 5.88. The van der Waals surface area contributed by atoms with E-state index in [2.05, 4.69) is 24.9 Å². The maximum Gasteiger partial charge on any atom is 0.435 e. The number of hydrogen-bond acceptors (Lipinski definition) is 10. The molecule has 294 valence electrons. The molecule has 0 radical (unpaired) electrons. The van der Waals surface area contributed by atoms with Gasteiger partial charge in [-0.15, -0.1) is 0 Å². The summed E-state index contributed by atoms with van der Waals surface area (Å²) < 4.78 is 159. The number of fused-ring (bicyclic) bond motifs is 2. The number of methoxy groups -OCH3 is 1. The van der Waals surface area contributed by atoms with E-state index in [1.165, 1.54) is 0 Å². The molecule has 2 fully saturated rings. The van der Waals surface area contributed by atoms with Crippen molar-refractivity contribution < 1.29 is 67.4 Å². The second-order valence-electron chi connectivity index (χ2n) is 12.0. The molecule has 6 heterocycles. The van der Waals surface area contributed by atoms with Crippen LogP contribution in [-0.2, 0) is 53.0 Å². The smallest absolute Gasteiger partial charge is 0.389 e. The molecule has 4 aromatic rings. The van der Waals surface area contributed by atoms with Gasteiger partial charge >= 0.3 is 23.1 Å². The van der Waals surface area contributed by atoms with Crippen LogP contribution in [0.25, 0.3) is 9.92 Å². The number of carbonyl (C=O) groups excluding carboxylic acids is 2. The molecule has 12 nitrogen and oxygen atoms in total. The fraction of sp³-hybridized carbons (Fsp3) is 0.630. The number of alkyl halides is 12. The Hall–Kier alpha value is -3.06. The van der Waals surface area contributed by atoms with Gasteiger partial charge in [-0.05, 0) is 35.0 Å². The Balaban J connectivity index is 0.000000216. The minimum atomic E-state index is -4.84. The lowest BCUT2D eigenvalue weighted by Crippen LogP contribution is -2.27. The number of aliphatic hydroxyl groups is 1. The van der Waals surface area contributed by atoms with Gasteiger partial charge in [0.1, 0.15) is 10.0 Å². The Labute approximate surface area is 313 Å². The van der Waals surface area contributed by atoms with Crippen molar-refractivity contribution in [1.29, 1.82) is 0 Å². The summed E-state index contributed by atoms with van der Waals surface area (Å²) in [5.74, 6) is -2.70. The van der Waals surface area contributed by atoms with Gasteiger partial charge < -0.3 is 19.6 Å². The van der Waals surface area contributed by atoms with Crippen LogP contribution in [0, 0.1) is 11.8 Å². The first-order valence-corrected chi connectivity index (χ1v) is 17.3. The highest BCUT2D eigenvalue weighted by Gasteiger charge is 2.44. The molecule has 26 heteroatoms. The molecule has 1 unspecified atom stereocenters. The van der Waals surface area contributed by atoms with Crippen LogP contribution in [0.3, 0.4) is 0 Å². The van der Waals surface area contributed by atoms with Gasteiger partial charge in [0, 0.05) is 45.8 Å². The third-order valence-electron chi connectivity index (χ3n) is 7.86. The Morgan fingerprint density at radius 2 is 1.19 bits per heavy atom. The summed E-state index contributed by atoms with van der Waals surface area (Å²) in [6.07, 6.45) is -11.6. The molecule has 2 aliphatic rings. The number of nitrogens with zero attached hydrogens (tertiary/aromatic N) is 8. The summed E-state index contributed by atoms with van der Waals surface area (Å²) in [6, 6.07) is 0. The Morgan fingerprint density at radius 1 is 0.774 bits per heavy atom. The first-order chi connectivity index (χ1) is 25.6. The molecule has 0 saturated carbocycles. The minimum Gasteiger partial charge on any atom is -0.389 e. The van der Waals surface area contributed by atoms with Gasteiger partial charge in [0.05, 0.1) is 41.8 Å². The van der Waals surface area contributed by atoms with Crippen molar-refractivity contribution in [2.75, 3.05) is 20.1 Å². The highest BCUT2D eigenvalue weighted by molar-refractivity contribution is 7.17. The van der Waals surface area contributed by atoms with Crippen LogP contribution in [0.2, 0.25) is 0 Å². The first-order valence-electron chi connectivity index (χ1n) is 16.4. The van der Waals surface area contributed by atoms with Gasteiger partial charge in [0.25, 0.3) is 0 Å². The summed E-state index contributed by atoms with van der Waals surface area (Å²) in [7, 11) is -2.71. The number of amides is 2. The molecule has 4 aromatic heterocycles. The average molecular weight is 855 g/mol. The molecule has 2 saturated heterocycles. The summed E-state index contributed by atoms with van der Waals surface area (Å²) >= 11 is 11.3. The van der Waals surface area contributed by atoms with Gasteiger partial charge in [0.15, 0.2) is 11.4 Å². The number of halogens is 12. The van der Waals surface area contributed by atoms with Gasteiger partial charge in [-0.25, -0.2) is 19.0 Å². The van der Waals surface area contributed by atoms with Crippen molar-refractivity contribution in [2.24, 2.45) is 11.8 Å². The lowest BCUT2D eigenvalue weighted by Gasteiger charge is -2.18. The van der Waals surface area contributed by atoms with Gasteiger partial charge in [-0.1, -0.05) is 22.7 Å². The molecule has 0 bridgehead atoms. The van der Waals surface area contributed by atoms with Crippen molar-refractivity contribution in [1.82, 2.24) is 39.0 Å². The van der Waals surface area contributed by atoms with Crippen LogP contribution in [0.5, 0.6) is 0 Å². The van der Waals surface area contributed by atoms with Crippen molar-refractivity contribution >= 4 is 67.6 Å². The van der Waals surface area contributed by atoms with E-state index < -0.39 is 110 Å². The predicted molar refractivity (Wildman–Crippen MR) is 166 cm³/mol. The van der Waals surface area contributed by atoms with E-state index in [-0.39, 0.29) is 51.6 Å². The molecular formula is C27H26Cl2F10N8O4S2. The van der Waals surface area contributed by atoms with Gasteiger partial charge in [-0.2, -0.15) is 54.1 Å². The monoisotopic (exact) mass is 853 g/mol. The van der Waals surface area contributed by atoms with Gasteiger partial charge in [0.2, 0.25) is 21.7 Å². The van der Waals surface area contributed by atoms with Crippen molar-refractivity contribution in [3.63, 3.8) is 0 Å². The van der Waals surface area contributed by atoms with Crippen LogP contribution >= 0.6 is 45.9 Å². The number of carbonyl (C=O) groups is 2. The van der Waals surface area contributed by atoms with Crippen LogP contribution in [-0.4, -0.2) is 86.8 Å². The molecule has 2 aliphatic heterocycles. The molecule has 2 atom stereocenters. The van der Waals surface area contributed by atoms with Crippen molar-refractivity contribution in [3.8, 4) is 0 Å². The van der Waals surface area contributed by atoms with E-state index in [0.29, 0.717) is 11.3 Å². The third kappa shape index (κ3) is 9.98. The summed E-state index contributed by atoms with van der Waals surface area (Å²) in [6.45, 7) is -2.30. The number of hydrogen-bond donors (Lipinski definition) is 1. The predicted octanol–water partition coefficient (Wildman–Crippen LogP) is 6.40. The summed E-state index contributed by atoms with van der Waals surface area (Å²) in [5.41, 5.74) is -3.29. The second-order valence-corrected chi connectivity index (χ2v) is 15.2. The maximum absolute atomic E-state index is 13.4. The molecule has 0 spiro atoms. The number of ether oxygens (including phenoxy) is 1. The zero-order valence-electron chi connectivity index (χ0n) is 29.3. The van der Waals surface area contributed by atoms with E-state index in [1.54, 1.807) is 0 Å². The maximum atomic E-state index is 13.4. The molecule has 1 N–H and O–H groups in total. The Kier molecular flexibility index (Phi) is 10.6. The lowest BCUT2D eigenvalue weighted by molar-refractivity contribution is -0.143. The zero-order chi connectivity index (χ0) is 41.8. The van der Waals surface area contributed by atoms with Gasteiger partial charge in [-0.3, -0.25) is 9.59 Å². The Bertz CT molecular complexity index is 2060. The number of aromatic nitrogens is 6. The highest BCUT2D eigenvalue weighted by Crippen LogP contribution is 2.38. The molecule has 0 aromatic carbocycles. The van der Waals surface area contributed by atoms with E-state index in [4.69, 9.17) is 32.4 Å². The minimum absolute atomic E-state index is 0.0657. The number of imidazole rings is 2. The standard InChI is InChI=1S/C14H14ClF5N4O2S.C13H12ClF5N4O2S/c1-26-6-9-22-24-8(11(14(18,19)20)21-12(24)27-9)5-23-4-7(2-10(23)25)3-13(15,16)17;14-12(15,16)2-6-1-9(25)22(3-6)4-7-10(13(17,18)19)20-11-23(7)21-8(5-24)26-11/h7H,2-6H2,1H3;6,24H,1-5H2/t7-;/m1./s1/i1D3;. The summed E-state index contributed by atoms with van der Waals surface area (Å²) in [5, 5.41) is 10.1. The summed E-state index contributed by atoms with van der Waals surface area (Å²) in [4.78, 5) is 33.0. The van der Waals surface area contributed by atoms with E-state index >= 15 is 0 Å². The fourth-order valence-corrected chi connectivity index (χ4v) is 7.92. The topological polar surface area (TPSA) is 130 Å². The molecule has 53 heavy (non-hydrogen) atoms. The van der Waals surface area contributed by atoms with E-state index in [9.17, 15) is 53.5 Å².